The largest absolute Gasteiger partial charge is 0.497 e. The van der Waals surface area contributed by atoms with Crippen LogP contribution in [0, 0.1) is 0 Å². The van der Waals surface area contributed by atoms with Crippen molar-refractivity contribution in [3.05, 3.63) is 59.7 Å². The molecule has 7 nitrogen and oxygen atoms in total. The van der Waals surface area contributed by atoms with Gasteiger partial charge in [0.25, 0.3) is 0 Å². The number of benzene rings is 2. The quantitative estimate of drug-likeness (QED) is 0.286. The number of rotatable bonds is 10. The Morgan fingerprint density at radius 3 is 1.51 bits per heavy atom. The second kappa shape index (κ2) is 13.1. The van der Waals surface area contributed by atoms with E-state index >= 15 is 0 Å². The van der Waals surface area contributed by atoms with Gasteiger partial charge in [-0.2, -0.15) is 0 Å². The van der Waals surface area contributed by atoms with E-state index in [-0.39, 0.29) is 35.9 Å². The van der Waals surface area contributed by atoms with Crippen molar-refractivity contribution in [2.75, 3.05) is 27.4 Å². The van der Waals surface area contributed by atoms with Crippen molar-refractivity contribution in [2.24, 2.45) is 0 Å². The molecule has 2 aromatic carbocycles. The maximum atomic E-state index is 7.01. The SMILES string of the molecule is COc1ccc([C@H]2OCC[C@@H](CC(C[C@@H]3CCO[C@H](c4ccc(OC)cc4)O3)O[Si](C)(C)C(C)(C)C)O2)cc1. The third-order valence-electron chi connectivity index (χ3n) is 8.15. The lowest BCUT2D eigenvalue weighted by molar-refractivity contribution is -0.231. The van der Waals surface area contributed by atoms with Gasteiger partial charge in [-0.3, -0.25) is 0 Å². The average molecular weight is 559 g/mol. The van der Waals surface area contributed by atoms with Gasteiger partial charge in [0.1, 0.15) is 11.5 Å². The summed E-state index contributed by atoms with van der Waals surface area (Å²) in [5.41, 5.74) is 2.00. The van der Waals surface area contributed by atoms with Gasteiger partial charge < -0.3 is 32.8 Å². The summed E-state index contributed by atoms with van der Waals surface area (Å²) in [6, 6.07) is 15.8. The molecule has 8 heteroatoms. The molecule has 0 saturated carbocycles. The summed E-state index contributed by atoms with van der Waals surface area (Å²) < 4.78 is 42.5. The normalized spacial score (nSPS) is 24.5. The van der Waals surface area contributed by atoms with Crippen LogP contribution >= 0.6 is 0 Å². The van der Waals surface area contributed by atoms with Crippen LogP contribution in [0.1, 0.15) is 70.2 Å². The second-order valence-electron chi connectivity index (χ2n) is 12.0. The van der Waals surface area contributed by atoms with Crippen LogP contribution in [0.5, 0.6) is 11.5 Å². The molecule has 0 aromatic heterocycles. The summed E-state index contributed by atoms with van der Waals surface area (Å²) >= 11 is 0. The fourth-order valence-electron chi connectivity index (χ4n) is 4.77. The van der Waals surface area contributed by atoms with Crippen LogP contribution in [0.15, 0.2) is 48.5 Å². The van der Waals surface area contributed by atoms with E-state index in [4.69, 9.17) is 32.8 Å². The topological polar surface area (TPSA) is 64.6 Å². The van der Waals surface area contributed by atoms with E-state index < -0.39 is 8.32 Å². The van der Waals surface area contributed by atoms with Crippen LogP contribution in [-0.2, 0) is 23.4 Å². The predicted octanol–water partition coefficient (Wildman–Crippen LogP) is 7.18. The predicted molar refractivity (Wildman–Crippen MR) is 154 cm³/mol. The van der Waals surface area contributed by atoms with Crippen LogP contribution in [0.4, 0.5) is 0 Å². The third-order valence-corrected chi connectivity index (χ3v) is 12.7. The Labute approximate surface area is 235 Å². The zero-order valence-corrected chi connectivity index (χ0v) is 25.6. The van der Waals surface area contributed by atoms with E-state index in [0.717, 1.165) is 48.3 Å². The van der Waals surface area contributed by atoms with Crippen molar-refractivity contribution in [3.63, 3.8) is 0 Å². The number of hydrogen-bond acceptors (Lipinski definition) is 7. The molecular formula is C31H46O7Si. The van der Waals surface area contributed by atoms with Gasteiger partial charge in [-0.15, -0.1) is 0 Å². The Hall–Kier alpha value is -1.94. The number of hydrogen-bond donors (Lipinski definition) is 0. The van der Waals surface area contributed by atoms with Crippen molar-refractivity contribution in [2.45, 2.75) is 95.5 Å². The van der Waals surface area contributed by atoms with E-state index in [1.54, 1.807) is 14.2 Å². The minimum absolute atomic E-state index is 0.0186. The van der Waals surface area contributed by atoms with Crippen molar-refractivity contribution in [1.29, 1.82) is 0 Å². The highest BCUT2D eigenvalue weighted by Crippen LogP contribution is 2.40. The molecule has 2 saturated heterocycles. The molecule has 2 aromatic rings. The molecule has 0 radical (unpaired) electrons. The van der Waals surface area contributed by atoms with Gasteiger partial charge in [-0.05, 0) is 68.1 Å². The van der Waals surface area contributed by atoms with E-state index in [1.807, 2.05) is 48.5 Å². The zero-order chi connectivity index (χ0) is 28.0. The van der Waals surface area contributed by atoms with E-state index in [2.05, 4.69) is 33.9 Å². The molecule has 4 atom stereocenters. The third kappa shape index (κ3) is 8.05. The molecule has 0 aliphatic carbocycles. The molecule has 2 aliphatic heterocycles. The second-order valence-corrected chi connectivity index (χ2v) is 16.8. The van der Waals surface area contributed by atoms with Gasteiger partial charge in [0, 0.05) is 17.2 Å². The number of methoxy groups -OCH3 is 2. The van der Waals surface area contributed by atoms with Crippen LogP contribution in [-0.4, -0.2) is 54.1 Å². The lowest BCUT2D eigenvalue weighted by Crippen LogP contribution is -2.46. The molecule has 39 heavy (non-hydrogen) atoms. The highest BCUT2D eigenvalue weighted by molar-refractivity contribution is 6.74. The Bertz CT molecular complexity index is 949. The van der Waals surface area contributed by atoms with E-state index in [1.165, 1.54) is 0 Å². The molecule has 4 rings (SSSR count). The Morgan fingerprint density at radius 1 is 0.744 bits per heavy atom. The smallest absolute Gasteiger partial charge is 0.192 e. The number of ether oxygens (including phenoxy) is 6. The first kappa shape index (κ1) is 30.0. The van der Waals surface area contributed by atoms with Crippen LogP contribution < -0.4 is 9.47 Å². The zero-order valence-electron chi connectivity index (χ0n) is 24.6. The minimum Gasteiger partial charge on any atom is -0.497 e. The van der Waals surface area contributed by atoms with Crippen LogP contribution in [0.3, 0.4) is 0 Å². The van der Waals surface area contributed by atoms with Gasteiger partial charge >= 0.3 is 0 Å². The highest BCUT2D eigenvalue weighted by atomic mass is 28.4. The van der Waals surface area contributed by atoms with Gasteiger partial charge in [-0.1, -0.05) is 45.0 Å². The summed E-state index contributed by atoms with van der Waals surface area (Å²) in [5, 5.41) is 0.107. The molecule has 2 fully saturated rings. The van der Waals surface area contributed by atoms with E-state index in [9.17, 15) is 0 Å². The fourth-order valence-corrected chi connectivity index (χ4v) is 6.15. The molecule has 0 spiro atoms. The molecule has 2 heterocycles. The Morgan fingerprint density at radius 2 is 1.15 bits per heavy atom. The summed E-state index contributed by atoms with van der Waals surface area (Å²) in [6.45, 7) is 12.8. The Kier molecular flexibility index (Phi) is 10.1. The molecule has 0 bridgehead atoms. The molecular weight excluding hydrogens is 512 g/mol. The van der Waals surface area contributed by atoms with Crippen molar-refractivity contribution in [1.82, 2.24) is 0 Å². The van der Waals surface area contributed by atoms with Crippen molar-refractivity contribution >= 4 is 8.32 Å². The maximum Gasteiger partial charge on any atom is 0.192 e. The molecule has 2 aliphatic rings. The lowest BCUT2D eigenvalue weighted by Gasteiger charge is -2.42. The lowest BCUT2D eigenvalue weighted by atomic mass is 10.0. The first-order chi connectivity index (χ1) is 18.6. The van der Waals surface area contributed by atoms with Gasteiger partial charge in [-0.25, -0.2) is 0 Å². The standard InChI is InChI=1S/C31H46O7Si/c1-31(2,3)39(6,7)38-28(20-26-16-18-34-29(36-26)22-8-12-24(32-4)13-9-22)21-27-17-19-35-30(37-27)23-10-14-25(33-5)15-11-23/h8-15,26-30H,16-21H2,1-7H3/t26-,27-,29-,30-/m0/s1. The maximum absolute atomic E-state index is 7.01. The highest BCUT2D eigenvalue weighted by Gasteiger charge is 2.41. The van der Waals surface area contributed by atoms with Crippen molar-refractivity contribution in [3.8, 4) is 11.5 Å². The summed E-state index contributed by atoms with van der Waals surface area (Å²) in [7, 11) is 1.32. The molecule has 0 N–H and O–H groups in total. The average Bonchev–Trinajstić information content (AvgIpc) is 2.92. The van der Waals surface area contributed by atoms with Crippen LogP contribution in [0.2, 0.25) is 18.1 Å². The van der Waals surface area contributed by atoms with E-state index in [0.29, 0.717) is 13.2 Å². The molecule has 216 valence electrons. The molecule has 0 amide bonds. The van der Waals surface area contributed by atoms with Crippen LogP contribution in [0.25, 0.3) is 0 Å². The fraction of sp³-hybridized carbons (Fsp3) is 0.613. The van der Waals surface area contributed by atoms with Gasteiger partial charge in [0.2, 0.25) is 0 Å². The summed E-state index contributed by atoms with van der Waals surface area (Å²) in [4.78, 5) is 0. The van der Waals surface area contributed by atoms with Crippen molar-refractivity contribution < 1.29 is 32.8 Å². The first-order valence-corrected chi connectivity index (χ1v) is 17.0. The summed E-state index contributed by atoms with van der Waals surface area (Å²) in [6.07, 6.45) is 2.61. The monoisotopic (exact) mass is 558 g/mol. The minimum atomic E-state index is -2.02. The molecule has 0 unspecified atom stereocenters. The van der Waals surface area contributed by atoms with Gasteiger partial charge in [0.15, 0.2) is 20.9 Å². The Balaban J connectivity index is 1.44. The summed E-state index contributed by atoms with van der Waals surface area (Å²) in [5.74, 6) is 1.64. The van der Waals surface area contributed by atoms with Gasteiger partial charge in [0.05, 0.1) is 39.6 Å². The first-order valence-electron chi connectivity index (χ1n) is 14.1.